The lowest BCUT2D eigenvalue weighted by molar-refractivity contribution is 0.0949. The van der Waals surface area contributed by atoms with E-state index in [0.717, 1.165) is 5.56 Å². The van der Waals surface area contributed by atoms with Crippen LogP contribution in [0.5, 0.6) is 0 Å². The van der Waals surface area contributed by atoms with Gasteiger partial charge in [0.05, 0.1) is 4.90 Å². The molecule has 0 unspecified atom stereocenters. The molecule has 7 nitrogen and oxygen atoms in total. The third-order valence-electron chi connectivity index (χ3n) is 4.12. The first kappa shape index (κ1) is 20.2. The summed E-state index contributed by atoms with van der Waals surface area (Å²) in [7, 11) is -3.75. The minimum atomic E-state index is -3.75. The molecule has 8 heteroatoms. The van der Waals surface area contributed by atoms with Gasteiger partial charge in [0.15, 0.2) is 0 Å². The Morgan fingerprint density at radius 1 is 0.793 bits per heavy atom. The highest BCUT2D eigenvalue weighted by Gasteiger charge is 2.10. The van der Waals surface area contributed by atoms with Crippen molar-refractivity contribution < 1.29 is 18.0 Å². The zero-order valence-corrected chi connectivity index (χ0v) is 16.1. The van der Waals surface area contributed by atoms with Crippen LogP contribution >= 0.6 is 0 Å². The summed E-state index contributed by atoms with van der Waals surface area (Å²) in [6.45, 7) is 0.213. The molecule has 2 amide bonds. The molecule has 0 spiro atoms. The third kappa shape index (κ3) is 5.50. The van der Waals surface area contributed by atoms with Gasteiger partial charge in [-0.25, -0.2) is 13.6 Å². The van der Waals surface area contributed by atoms with Crippen LogP contribution in [-0.2, 0) is 16.6 Å². The molecule has 3 rings (SSSR count). The highest BCUT2D eigenvalue weighted by Crippen LogP contribution is 2.13. The van der Waals surface area contributed by atoms with Gasteiger partial charge in [-0.15, -0.1) is 0 Å². The summed E-state index contributed by atoms with van der Waals surface area (Å²) in [5.41, 5.74) is 2.13. The van der Waals surface area contributed by atoms with Gasteiger partial charge in [0.2, 0.25) is 10.0 Å². The number of anilines is 1. The Morgan fingerprint density at radius 2 is 1.45 bits per heavy atom. The van der Waals surface area contributed by atoms with Crippen LogP contribution in [0.4, 0.5) is 5.69 Å². The topological polar surface area (TPSA) is 118 Å². The van der Waals surface area contributed by atoms with Crippen molar-refractivity contribution in [2.45, 2.75) is 11.4 Å². The summed E-state index contributed by atoms with van der Waals surface area (Å²) >= 11 is 0. The maximum Gasteiger partial charge on any atom is 0.255 e. The van der Waals surface area contributed by atoms with E-state index in [-0.39, 0.29) is 23.3 Å². The molecule has 3 aromatic rings. The van der Waals surface area contributed by atoms with Gasteiger partial charge < -0.3 is 10.6 Å². The van der Waals surface area contributed by atoms with Gasteiger partial charge in [-0.1, -0.05) is 36.4 Å². The van der Waals surface area contributed by atoms with Crippen LogP contribution in [0, 0.1) is 0 Å². The van der Waals surface area contributed by atoms with Crippen molar-refractivity contribution in [2.24, 2.45) is 5.14 Å². The Kier molecular flexibility index (Phi) is 6.06. The minimum absolute atomic E-state index is 0.00874. The van der Waals surface area contributed by atoms with Crippen molar-refractivity contribution in [1.82, 2.24) is 5.32 Å². The van der Waals surface area contributed by atoms with Crippen LogP contribution in [0.1, 0.15) is 26.3 Å². The molecule has 0 fully saturated rings. The average Bonchev–Trinajstić information content (AvgIpc) is 2.72. The van der Waals surface area contributed by atoms with E-state index in [1.807, 2.05) is 6.07 Å². The Morgan fingerprint density at radius 3 is 2.10 bits per heavy atom. The van der Waals surface area contributed by atoms with Gasteiger partial charge in [0.25, 0.3) is 11.8 Å². The Hall–Kier alpha value is -3.49. The van der Waals surface area contributed by atoms with E-state index in [0.29, 0.717) is 16.8 Å². The zero-order valence-electron chi connectivity index (χ0n) is 15.3. The fraction of sp³-hybridized carbons (Fsp3) is 0.0476. The molecular formula is C21H19N3O4S. The molecule has 0 aromatic heterocycles. The van der Waals surface area contributed by atoms with Crippen molar-refractivity contribution in [3.05, 3.63) is 95.6 Å². The Bertz CT molecular complexity index is 1130. The first-order chi connectivity index (χ1) is 13.8. The molecule has 148 valence electrons. The Balaban J connectivity index is 1.63. The van der Waals surface area contributed by atoms with E-state index >= 15 is 0 Å². The average molecular weight is 409 g/mol. The van der Waals surface area contributed by atoms with Crippen molar-refractivity contribution in [1.29, 1.82) is 0 Å². The summed E-state index contributed by atoms with van der Waals surface area (Å²) < 4.78 is 22.5. The summed E-state index contributed by atoms with van der Waals surface area (Å²) in [4.78, 5) is 24.7. The van der Waals surface area contributed by atoms with E-state index in [1.165, 1.54) is 12.1 Å². The number of nitrogens with one attached hydrogen (secondary N) is 2. The van der Waals surface area contributed by atoms with E-state index in [2.05, 4.69) is 10.6 Å². The van der Waals surface area contributed by atoms with Gasteiger partial charge in [0.1, 0.15) is 0 Å². The summed E-state index contributed by atoms with van der Waals surface area (Å²) in [5.74, 6) is -0.588. The van der Waals surface area contributed by atoms with Crippen LogP contribution in [0.3, 0.4) is 0 Å². The molecule has 0 saturated heterocycles. The third-order valence-corrected chi connectivity index (χ3v) is 5.05. The highest BCUT2D eigenvalue weighted by molar-refractivity contribution is 7.89. The fourth-order valence-electron chi connectivity index (χ4n) is 2.61. The Labute approximate surface area is 168 Å². The smallest absolute Gasteiger partial charge is 0.255 e. The van der Waals surface area contributed by atoms with Gasteiger partial charge >= 0.3 is 0 Å². The second-order valence-corrected chi connectivity index (χ2v) is 7.83. The van der Waals surface area contributed by atoms with E-state index < -0.39 is 10.0 Å². The first-order valence-corrected chi connectivity index (χ1v) is 10.2. The fourth-order valence-corrected chi connectivity index (χ4v) is 3.13. The zero-order chi connectivity index (χ0) is 20.9. The van der Waals surface area contributed by atoms with Crippen LogP contribution in [0.15, 0.2) is 83.8 Å². The molecule has 0 aliphatic carbocycles. The van der Waals surface area contributed by atoms with E-state index in [4.69, 9.17) is 5.14 Å². The van der Waals surface area contributed by atoms with Crippen molar-refractivity contribution >= 4 is 27.5 Å². The van der Waals surface area contributed by atoms with Gasteiger partial charge in [-0.3, -0.25) is 9.59 Å². The lowest BCUT2D eigenvalue weighted by Crippen LogP contribution is -2.23. The normalized spacial score (nSPS) is 10.9. The number of sulfonamides is 1. The molecule has 0 aliphatic rings. The first-order valence-electron chi connectivity index (χ1n) is 8.69. The number of hydrogen-bond acceptors (Lipinski definition) is 4. The second-order valence-electron chi connectivity index (χ2n) is 6.27. The minimum Gasteiger partial charge on any atom is -0.348 e. The van der Waals surface area contributed by atoms with Crippen LogP contribution in [0.2, 0.25) is 0 Å². The van der Waals surface area contributed by atoms with Crippen LogP contribution in [0.25, 0.3) is 0 Å². The highest BCUT2D eigenvalue weighted by atomic mass is 32.2. The molecule has 0 radical (unpaired) electrons. The molecule has 0 bridgehead atoms. The molecule has 0 heterocycles. The lowest BCUT2D eigenvalue weighted by Gasteiger charge is -2.09. The number of primary sulfonamides is 1. The molecular weight excluding hydrogens is 390 g/mol. The number of benzene rings is 3. The number of carbonyl (C=O) groups excluding carboxylic acids is 2. The van der Waals surface area contributed by atoms with E-state index in [1.54, 1.807) is 60.7 Å². The molecule has 4 N–H and O–H groups in total. The van der Waals surface area contributed by atoms with Crippen molar-refractivity contribution in [3.63, 3.8) is 0 Å². The predicted octanol–water partition coefficient (Wildman–Crippen LogP) is 2.52. The van der Waals surface area contributed by atoms with Crippen LogP contribution < -0.4 is 15.8 Å². The van der Waals surface area contributed by atoms with Gasteiger partial charge in [-0.2, -0.15) is 0 Å². The SMILES string of the molecule is NS(=O)(=O)c1ccc(CNC(=O)c2cccc(NC(=O)c3ccccc3)c2)cc1. The van der Waals surface area contributed by atoms with Crippen molar-refractivity contribution in [3.8, 4) is 0 Å². The number of hydrogen-bond donors (Lipinski definition) is 3. The standard InChI is InChI=1S/C21H19N3O4S/c22-29(27,28)19-11-9-15(10-12-19)14-23-20(25)17-7-4-8-18(13-17)24-21(26)16-5-2-1-3-6-16/h1-13H,14H2,(H,23,25)(H,24,26)(H2,22,27,28). The quantitative estimate of drug-likeness (QED) is 0.580. The molecule has 29 heavy (non-hydrogen) atoms. The summed E-state index contributed by atoms with van der Waals surface area (Å²) in [6, 6.07) is 21.3. The molecule has 3 aromatic carbocycles. The number of rotatable bonds is 6. The predicted molar refractivity (Wildman–Crippen MR) is 110 cm³/mol. The molecule has 0 aliphatic heterocycles. The second kappa shape index (κ2) is 8.68. The summed E-state index contributed by atoms with van der Waals surface area (Å²) in [6.07, 6.45) is 0. The number of amides is 2. The maximum atomic E-state index is 12.4. The van der Waals surface area contributed by atoms with Gasteiger partial charge in [-0.05, 0) is 48.0 Å². The molecule has 0 saturated carbocycles. The lowest BCUT2D eigenvalue weighted by atomic mass is 10.1. The summed E-state index contributed by atoms with van der Waals surface area (Å²) in [5, 5.41) is 10.6. The van der Waals surface area contributed by atoms with Crippen molar-refractivity contribution in [2.75, 3.05) is 5.32 Å². The van der Waals surface area contributed by atoms with E-state index in [9.17, 15) is 18.0 Å². The monoisotopic (exact) mass is 409 g/mol. The largest absolute Gasteiger partial charge is 0.348 e. The van der Waals surface area contributed by atoms with Crippen LogP contribution in [-0.4, -0.2) is 20.2 Å². The number of carbonyl (C=O) groups is 2. The maximum absolute atomic E-state index is 12.4. The van der Waals surface area contributed by atoms with Gasteiger partial charge in [0, 0.05) is 23.4 Å². The number of nitrogens with two attached hydrogens (primary N) is 1. The molecule has 0 atom stereocenters.